The summed E-state index contributed by atoms with van der Waals surface area (Å²) in [6, 6.07) is 0.636. The maximum Gasteiger partial charge on any atom is 0.225 e. The average Bonchev–Trinajstić information content (AvgIpc) is 3.00. The summed E-state index contributed by atoms with van der Waals surface area (Å²) in [5, 5.41) is 3.39. The van der Waals surface area contributed by atoms with E-state index in [0.717, 1.165) is 32.0 Å². The van der Waals surface area contributed by atoms with E-state index in [1.54, 1.807) is 0 Å². The van der Waals surface area contributed by atoms with Crippen LogP contribution < -0.4 is 10.2 Å². The number of anilines is 1. The van der Waals surface area contributed by atoms with E-state index < -0.39 is 0 Å². The Morgan fingerprint density at radius 1 is 1.24 bits per heavy atom. The highest BCUT2D eigenvalue weighted by Gasteiger charge is 2.25. The van der Waals surface area contributed by atoms with Gasteiger partial charge in [0.2, 0.25) is 5.95 Å². The molecule has 0 spiro atoms. The molecule has 0 radical (unpaired) electrons. The summed E-state index contributed by atoms with van der Waals surface area (Å²) in [6.45, 7) is 9.68. The van der Waals surface area contributed by atoms with Crippen molar-refractivity contribution in [3.63, 3.8) is 0 Å². The van der Waals surface area contributed by atoms with E-state index in [2.05, 4.69) is 41.0 Å². The van der Waals surface area contributed by atoms with E-state index in [1.165, 1.54) is 31.2 Å². The average molecular weight is 290 g/mol. The van der Waals surface area contributed by atoms with E-state index in [-0.39, 0.29) is 0 Å². The maximum absolute atomic E-state index is 4.63. The van der Waals surface area contributed by atoms with Crippen LogP contribution in [-0.4, -0.2) is 29.1 Å². The van der Waals surface area contributed by atoms with Gasteiger partial charge in [-0.2, -0.15) is 0 Å². The van der Waals surface area contributed by atoms with E-state index in [9.17, 15) is 0 Å². The summed E-state index contributed by atoms with van der Waals surface area (Å²) < 4.78 is 0. The summed E-state index contributed by atoms with van der Waals surface area (Å²) in [4.78, 5) is 11.7. The van der Waals surface area contributed by atoms with Crippen LogP contribution in [0.5, 0.6) is 0 Å². The zero-order valence-corrected chi connectivity index (χ0v) is 13.8. The molecule has 0 saturated heterocycles. The highest BCUT2D eigenvalue weighted by Crippen LogP contribution is 2.26. The Labute approximate surface area is 129 Å². The molecule has 118 valence electrons. The predicted molar refractivity (Wildman–Crippen MR) is 88.5 cm³/mol. The third-order valence-electron chi connectivity index (χ3n) is 4.03. The first-order chi connectivity index (χ1) is 10.2. The van der Waals surface area contributed by atoms with Crippen molar-refractivity contribution in [1.82, 2.24) is 15.3 Å². The number of hydrogen-bond acceptors (Lipinski definition) is 4. The Morgan fingerprint density at radius 3 is 2.48 bits per heavy atom. The summed E-state index contributed by atoms with van der Waals surface area (Å²) >= 11 is 0. The molecule has 2 rings (SSSR count). The van der Waals surface area contributed by atoms with Crippen LogP contribution in [-0.2, 0) is 6.54 Å². The molecule has 0 amide bonds. The van der Waals surface area contributed by atoms with Gasteiger partial charge in [0, 0.05) is 37.1 Å². The lowest BCUT2D eigenvalue weighted by atomic mass is 10.1. The van der Waals surface area contributed by atoms with Gasteiger partial charge < -0.3 is 10.2 Å². The number of hydrogen-bond donors (Lipinski definition) is 1. The Hall–Kier alpha value is -1.16. The fraction of sp³-hybridized carbons (Fsp3) is 0.765. The molecule has 0 bridgehead atoms. The van der Waals surface area contributed by atoms with E-state index in [1.807, 2.05) is 12.4 Å². The second kappa shape index (κ2) is 8.32. The van der Waals surface area contributed by atoms with Gasteiger partial charge in [0.1, 0.15) is 0 Å². The fourth-order valence-corrected chi connectivity index (χ4v) is 3.00. The van der Waals surface area contributed by atoms with E-state index >= 15 is 0 Å². The van der Waals surface area contributed by atoms with E-state index in [4.69, 9.17) is 0 Å². The highest BCUT2D eigenvalue weighted by molar-refractivity contribution is 5.32. The summed E-state index contributed by atoms with van der Waals surface area (Å²) in [7, 11) is 0. The normalized spacial score (nSPS) is 15.8. The summed E-state index contributed by atoms with van der Waals surface area (Å²) in [5.74, 6) is 1.55. The van der Waals surface area contributed by atoms with E-state index in [0.29, 0.717) is 12.0 Å². The minimum Gasteiger partial charge on any atom is -0.338 e. The quantitative estimate of drug-likeness (QED) is 0.745. The molecule has 4 heteroatoms. The van der Waals surface area contributed by atoms with Crippen molar-refractivity contribution in [2.24, 2.45) is 5.92 Å². The van der Waals surface area contributed by atoms with Crippen LogP contribution in [0.4, 0.5) is 5.95 Å². The van der Waals surface area contributed by atoms with Crippen LogP contribution in [0.15, 0.2) is 12.4 Å². The van der Waals surface area contributed by atoms with Gasteiger partial charge in [-0.05, 0) is 31.7 Å². The minimum absolute atomic E-state index is 0.636. The summed E-state index contributed by atoms with van der Waals surface area (Å²) in [5.41, 5.74) is 1.17. The Balaban J connectivity index is 2.01. The second-order valence-electron chi connectivity index (χ2n) is 6.55. The molecule has 1 saturated carbocycles. The molecule has 4 nitrogen and oxygen atoms in total. The van der Waals surface area contributed by atoms with Crippen molar-refractivity contribution in [3.05, 3.63) is 18.0 Å². The van der Waals surface area contributed by atoms with Crippen molar-refractivity contribution >= 4 is 5.95 Å². The predicted octanol–water partition coefficient (Wildman–Crippen LogP) is 3.38. The molecule has 1 heterocycles. The Morgan fingerprint density at radius 2 is 1.90 bits per heavy atom. The van der Waals surface area contributed by atoms with Gasteiger partial charge in [-0.15, -0.1) is 0 Å². The second-order valence-corrected chi connectivity index (χ2v) is 6.55. The molecule has 1 aliphatic carbocycles. The Bertz CT molecular complexity index is 396. The molecule has 0 atom stereocenters. The zero-order chi connectivity index (χ0) is 15.1. The van der Waals surface area contributed by atoms with Crippen LogP contribution in [0.3, 0.4) is 0 Å². The summed E-state index contributed by atoms with van der Waals surface area (Å²) in [6.07, 6.45) is 10.4. The number of aromatic nitrogens is 2. The standard InChI is InChI=1S/C17H30N4/c1-4-9-18-10-15-11-19-17(20-12-15)21(13-14(2)3)16-7-5-6-8-16/h11-12,14,16,18H,4-10,13H2,1-3H3. The molecule has 1 fully saturated rings. The highest BCUT2D eigenvalue weighted by atomic mass is 15.3. The van der Waals surface area contributed by atoms with Crippen LogP contribution in [0, 0.1) is 5.92 Å². The maximum atomic E-state index is 4.63. The zero-order valence-electron chi connectivity index (χ0n) is 13.8. The van der Waals surface area contributed by atoms with Gasteiger partial charge in [-0.1, -0.05) is 33.6 Å². The van der Waals surface area contributed by atoms with Gasteiger partial charge in [-0.25, -0.2) is 9.97 Å². The van der Waals surface area contributed by atoms with Crippen molar-refractivity contribution in [2.75, 3.05) is 18.0 Å². The first-order valence-corrected chi connectivity index (χ1v) is 8.49. The number of nitrogens with zero attached hydrogens (tertiary/aromatic N) is 3. The monoisotopic (exact) mass is 290 g/mol. The van der Waals surface area contributed by atoms with Gasteiger partial charge in [0.15, 0.2) is 0 Å². The fourth-order valence-electron chi connectivity index (χ4n) is 3.00. The number of rotatable bonds is 8. The topological polar surface area (TPSA) is 41.1 Å². The lowest BCUT2D eigenvalue weighted by molar-refractivity contribution is 0.525. The third kappa shape index (κ3) is 4.95. The molecule has 1 N–H and O–H groups in total. The van der Waals surface area contributed by atoms with Gasteiger partial charge in [0.05, 0.1) is 0 Å². The molecule has 0 aliphatic heterocycles. The van der Waals surface area contributed by atoms with Crippen molar-refractivity contribution < 1.29 is 0 Å². The number of nitrogens with one attached hydrogen (secondary N) is 1. The van der Waals surface area contributed by atoms with Crippen molar-refractivity contribution in [3.8, 4) is 0 Å². The Kier molecular flexibility index (Phi) is 6.43. The van der Waals surface area contributed by atoms with Crippen LogP contribution >= 0.6 is 0 Å². The van der Waals surface area contributed by atoms with Crippen LogP contribution in [0.1, 0.15) is 58.4 Å². The minimum atomic E-state index is 0.636. The molecule has 21 heavy (non-hydrogen) atoms. The lowest BCUT2D eigenvalue weighted by Gasteiger charge is -2.30. The third-order valence-corrected chi connectivity index (χ3v) is 4.03. The smallest absolute Gasteiger partial charge is 0.225 e. The van der Waals surface area contributed by atoms with Gasteiger partial charge in [0.25, 0.3) is 0 Å². The molecular formula is C17H30N4. The molecule has 1 aromatic heterocycles. The van der Waals surface area contributed by atoms with Gasteiger partial charge >= 0.3 is 0 Å². The largest absolute Gasteiger partial charge is 0.338 e. The molecule has 1 aromatic rings. The van der Waals surface area contributed by atoms with Crippen molar-refractivity contribution in [2.45, 2.75) is 65.5 Å². The van der Waals surface area contributed by atoms with Crippen molar-refractivity contribution in [1.29, 1.82) is 0 Å². The lowest BCUT2D eigenvalue weighted by Crippen LogP contribution is -2.37. The molecular weight excluding hydrogens is 260 g/mol. The van der Waals surface area contributed by atoms with Crippen LogP contribution in [0.2, 0.25) is 0 Å². The first-order valence-electron chi connectivity index (χ1n) is 8.49. The first kappa shape index (κ1) is 16.2. The SMILES string of the molecule is CCCNCc1cnc(N(CC(C)C)C2CCCC2)nc1. The molecule has 0 aromatic carbocycles. The van der Waals surface area contributed by atoms with Gasteiger partial charge in [-0.3, -0.25) is 0 Å². The van der Waals surface area contributed by atoms with Crippen LogP contribution in [0.25, 0.3) is 0 Å². The molecule has 1 aliphatic rings. The molecule has 0 unspecified atom stereocenters.